The molecule has 24 heavy (non-hydrogen) atoms. The van der Waals surface area contributed by atoms with Gasteiger partial charge in [0.2, 0.25) is 0 Å². The van der Waals surface area contributed by atoms with E-state index >= 15 is 0 Å². The molecule has 140 valence electrons. The summed E-state index contributed by atoms with van der Waals surface area (Å²) in [5.74, 6) is 0. The number of aromatic nitrogens is 3. The van der Waals surface area contributed by atoms with Gasteiger partial charge in [0.05, 0.1) is 35.6 Å². The highest BCUT2D eigenvalue weighted by Crippen LogP contribution is 2.23. The number of rotatable bonds is 7. The van der Waals surface area contributed by atoms with Gasteiger partial charge in [-0.2, -0.15) is 0 Å². The van der Waals surface area contributed by atoms with E-state index in [-0.39, 0.29) is 22.2 Å². The Bertz CT molecular complexity index is 519. The lowest BCUT2D eigenvalue weighted by molar-refractivity contribution is -0.0504. The molecule has 0 aliphatic heterocycles. The van der Waals surface area contributed by atoms with Crippen LogP contribution in [0.15, 0.2) is 6.20 Å². The fraction of sp³-hybridized carbons (Fsp3) is 0.895. The van der Waals surface area contributed by atoms with E-state index in [1.807, 2.05) is 10.9 Å². The van der Waals surface area contributed by atoms with E-state index in [0.717, 1.165) is 18.7 Å². The van der Waals surface area contributed by atoms with Crippen LogP contribution in [0.5, 0.6) is 0 Å². The van der Waals surface area contributed by atoms with Crippen LogP contribution < -0.4 is 0 Å². The van der Waals surface area contributed by atoms with Crippen LogP contribution in [0.2, 0.25) is 0 Å². The Morgan fingerprint density at radius 3 is 1.96 bits per heavy atom. The van der Waals surface area contributed by atoms with Crippen molar-refractivity contribution in [1.82, 2.24) is 15.0 Å². The maximum Gasteiger partial charge on any atom is 0.0855 e. The first-order chi connectivity index (χ1) is 10.6. The third-order valence-electron chi connectivity index (χ3n) is 3.52. The van der Waals surface area contributed by atoms with Gasteiger partial charge in [-0.15, -0.1) is 5.10 Å². The highest BCUT2D eigenvalue weighted by atomic mass is 16.5. The first-order valence-electron chi connectivity index (χ1n) is 8.79. The van der Waals surface area contributed by atoms with Gasteiger partial charge in [0.25, 0.3) is 0 Å². The van der Waals surface area contributed by atoms with Gasteiger partial charge in [0.1, 0.15) is 0 Å². The molecule has 0 aliphatic rings. The summed E-state index contributed by atoms with van der Waals surface area (Å²) in [5, 5.41) is 8.65. The van der Waals surface area contributed by atoms with Crippen molar-refractivity contribution in [3.8, 4) is 0 Å². The standard InChI is InChI=1S/C19H37N3O2/c1-16(2,3)13-24-19(9,10)11-15-12-22(21-20-15)18(7,8)14-23-17(4,5)6/h12H,11,13-14H2,1-10H3. The number of hydrogen-bond acceptors (Lipinski definition) is 4. The second-order valence-corrected chi connectivity index (χ2v) is 10.2. The topological polar surface area (TPSA) is 49.2 Å². The van der Waals surface area contributed by atoms with Crippen molar-refractivity contribution in [3.05, 3.63) is 11.9 Å². The molecule has 0 saturated carbocycles. The van der Waals surface area contributed by atoms with Crippen LogP contribution in [0.1, 0.15) is 74.9 Å². The molecule has 0 aromatic carbocycles. The predicted octanol–water partition coefficient (Wildman–Crippen LogP) is 4.21. The van der Waals surface area contributed by atoms with Gasteiger partial charge in [-0.05, 0) is 53.9 Å². The molecular weight excluding hydrogens is 302 g/mol. The molecule has 1 heterocycles. The molecule has 1 aromatic rings. The van der Waals surface area contributed by atoms with Crippen molar-refractivity contribution < 1.29 is 9.47 Å². The summed E-state index contributed by atoms with van der Waals surface area (Å²) < 4.78 is 13.9. The summed E-state index contributed by atoms with van der Waals surface area (Å²) >= 11 is 0. The normalized spacial score (nSPS) is 14.2. The third kappa shape index (κ3) is 7.75. The molecule has 0 radical (unpaired) electrons. The second-order valence-electron chi connectivity index (χ2n) is 10.2. The van der Waals surface area contributed by atoms with Crippen LogP contribution in [0.4, 0.5) is 0 Å². The molecule has 0 N–H and O–H groups in total. The lowest BCUT2D eigenvalue weighted by Gasteiger charge is -2.30. The highest BCUT2D eigenvalue weighted by molar-refractivity contribution is 5.00. The Kier molecular flexibility index (Phi) is 6.26. The molecule has 0 saturated heterocycles. The first kappa shape index (κ1) is 21.1. The second kappa shape index (κ2) is 7.12. The minimum absolute atomic E-state index is 0.154. The maximum atomic E-state index is 6.08. The van der Waals surface area contributed by atoms with E-state index in [2.05, 4.69) is 79.5 Å². The monoisotopic (exact) mass is 339 g/mol. The quantitative estimate of drug-likeness (QED) is 0.746. The van der Waals surface area contributed by atoms with E-state index in [1.165, 1.54) is 0 Å². The van der Waals surface area contributed by atoms with Crippen molar-refractivity contribution >= 4 is 0 Å². The third-order valence-corrected chi connectivity index (χ3v) is 3.52. The van der Waals surface area contributed by atoms with Gasteiger partial charge in [0, 0.05) is 12.6 Å². The lowest BCUT2D eigenvalue weighted by atomic mass is 9.97. The largest absolute Gasteiger partial charge is 0.375 e. The fourth-order valence-electron chi connectivity index (χ4n) is 2.03. The molecule has 0 bridgehead atoms. The molecule has 0 spiro atoms. The lowest BCUT2D eigenvalue weighted by Crippen LogP contribution is -2.36. The van der Waals surface area contributed by atoms with Crippen molar-refractivity contribution in [2.45, 2.75) is 92.4 Å². The highest BCUT2D eigenvalue weighted by Gasteiger charge is 2.28. The van der Waals surface area contributed by atoms with Gasteiger partial charge >= 0.3 is 0 Å². The minimum atomic E-state index is -0.264. The zero-order valence-corrected chi connectivity index (χ0v) is 17.4. The molecule has 1 aromatic heterocycles. The molecule has 0 amide bonds. The Labute approximate surface area is 148 Å². The Hall–Kier alpha value is -0.940. The van der Waals surface area contributed by atoms with E-state index in [1.54, 1.807) is 0 Å². The maximum absolute atomic E-state index is 6.08. The molecule has 5 heteroatoms. The van der Waals surface area contributed by atoms with Gasteiger partial charge < -0.3 is 9.47 Å². The van der Waals surface area contributed by atoms with E-state index < -0.39 is 0 Å². The van der Waals surface area contributed by atoms with E-state index in [9.17, 15) is 0 Å². The summed E-state index contributed by atoms with van der Waals surface area (Å²) in [6, 6.07) is 0. The van der Waals surface area contributed by atoms with Crippen molar-refractivity contribution in [2.75, 3.05) is 13.2 Å². The molecule has 0 atom stereocenters. The van der Waals surface area contributed by atoms with Crippen LogP contribution in [0.3, 0.4) is 0 Å². The smallest absolute Gasteiger partial charge is 0.0855 e. The first-order valence-corrected chi connectivity index (χ1v) is 8.79. The van der Waals surface area contributed by atoms with Crippen molar-refractivity contribution in [3.63, 3.8) is 0 Å². The zero-order valence-electron chi connectivity index (χ0n) is 17.4. The number of nitrogens with zero attached hydrogens (tertiary/aromatic N) is 3. The summed E-state index contributed by atoms with van der Waals surface area (Å²) in [6.07, 6.45) is 2.74. The number of hydrogen-bond donors (Lipinski definition) is 0. The van der Waals surface area contributed by atoms with Crippen LogP contribution in [0.25, 0.3) is 0 Å². The van der Waals surface area contributed by atoms with Crippen LogP contribution in [-0.2, 0) is 21.4 Å². The Balaban J connectivity index is 2.71. The van der Waals surface area contributed by atoms with Crippen molar-refractivity contribution in [2.24, 2.45) is 5.41 Å². The van der Waals surface area contributed by atoms with Crippen LogP contribution >= 0.6 is 0 Å². The molecular formula is C19H37N3O2. The van der Waals surface area contributed by atoms with Gasteiger partial charge in [0.15, 0.2) is 0 Å². The Morgan fingerprint density at radius 1 is 0.875 bits per heavy atom. The molecule has 1 rings (SSSR count). The summed E-state index contributed by atoms with van der Waals surface area (Å²) in [6.45, 7) is 22.4. The van der Waals surface area contributed by atoms with E-state index in [0.29, 0.717) is 6.61 Å². The summed E-state index contributed by atoms with van der Waals surface area (Å²) in [4.78, 5) is 0. The van der Waals surface area contributed by atoms with Gasteiger partial charge in [-0.25, -0.2) is 4.68 Å². The molecule has 5 nitrogen and oxygen atoms in total. The van der Waals surface area contributed by atoms with Crippen molar-refractivity contribution in [1.29, 1.82) is 0 Å². The van der Waals surface area contributed by atoms with Gasteiger partial charge in [-0.1, -0.05) is 26.0 Å². The van der Waals surface area contributed by atoms with E-state index in [4.69, 9.17) is 9.47 Å². The molecule has 0 aliphatic carbocycles. The Morgan fingerprint density at radius 2 is 1.46 bits per heavy atom. The minimum Gasteiger partial charge on any atom is -0.375 e. The predicted molar refractivity (Wildman–Crippen MR) is 98.2 cm³/mol. The van der Waals surface area contributed by atoms with Gasteiger partial charge in [-0.3, -0.25) is 0 Å². The SMILES string of the molecule is CC(C)(C)COC(C)(C)Cc1cn(C(C)(C)COC(C)(C)C)nn1. The molecule has 0 fully saturated rings. The summed E-state index contributed by atoms with van der Waals surface area (Å²) in [7, 11) is 0. The fourth-order valence-corrected chi connectivity index (χ4v) is 2.03. The zero-order chi connectivity index (χ0) is 18.8. The summed E-state index contributed by atoms with van der Waals surface area (Å²) in [5.41, 5.74) is 0.428. The van der Waals surface area contributed by atoms with Crippen LogP contribution in [-0.4, -0.2) is 39.4 Å². The average Bonchev–Trinajstić information content (AvgIpc) is 2.81. The molecule has 0 unspecified atom stereocenters. The average molecular weight is 340 g/mol. The number of ether oxygens (including phenoxy) is 2. The van der Waals surface area contributed by atoms with Crippen LogP contribution in [0, 0.1) is 5.41 Å².